The average Bonchev–Trinajstić information content (AvgIpc) is 2.67. The van der Waals surface area contributed by atoms with E-state index in [0.29, 0.717) is 12.2 Å². The molecule has 0 atom stereocenters. The maximum Gasteiger partial charge on any atom is 0.337 e. The van der Waals surface area contributed by atoms with E-state index in [0.717, 1.165) is 0 Å². The number of carbonyl (C=O) groups is 1. The fraction of sp³-hybridized carbons (Fsp3) is 0.214. The van der Waals surface area contributed by atoms with Crippen molar-refractivity contribution >= 4 is 28.7 Å². The lowest BCUT2D eigenvalue weighted by Crippen LogP contribution is -2.07. The van der Waals surface area contributed by atoms with Crippen molar-refractivity contribution in [2.45, 2.75) is 20.4 Å². The average molecular weight is 276 g/mol. The van der Waals surface area contributed by atoms with Gasteiger partial charge in [-0.25, -0.2) is 4.79 Å². The number of rotatable bonds is 4. The molecule has 0 unspecified atom stereocenters. The molecule has 19 heavy (non-hydrogen) atoms. The van der Waals surface area contributed by atoms with E-state index in [9.17, 15) is 4.79 Å². The van der Waals surface area contributed by atoms with Gasteiger partial charge >= 0.3 is 5.97 Å². The van der Waals surface area contributed by atoms with E-state index in [2.05, 4.69) is 25.2 Å². The fourth-order valence-electron chi connectivity index (χ4n) is 1.83. The minimum Gasteiger partial charge on any atom is -0.478 e. The van der Waals surface area contributed by atoms with Gasteiger partial charge in [0.05, 0.1) is 16.9 Å². The molecule has 0 aliphatic carbocycles. The zero-order valence-electron chi connectivity index (χ0n) is 10.9. The van der Waals surface area contributed by atoms with Crippen molar-refractivity contribution in [2.75, 3.05) is 11.1 Å². The lowest BCUT2D eigenvalue weighted by atomic mass is 10.1. The van der Waals surface area contributed by atoms with Gasteiger partial charge in [-0.3, -0.25) is 0 Å². The van der Waals surface area contributed by atoms with Crippen LogP contribution in [-0.4, -0.2) is 11.1 Å². The minimum absolute atomic E-state index is 0.128. The second-order valence-corrected chi connectivity index (χ2v) is 5.72. The molecule has 4 N–H and O–H groups in total. The number of aromatic carboxylic acids is 1. The first-order valence-corrected chi connectivity index (χ1v) is 6.72. The summed E-state index contributed by atoms with van der Waals surface area (Å²) in [6, 6.07) is 7.11. The monoisotopic (exact) mass is 276 g/mol. The molecule has 1 heterocycles. The van der Waals surface area contributed by atoms with Crippen LogP contribution in [0, 0.1) is 13.8 Å². The van der Waals surface area contributed by atoms with Crippen LogP contribution in [0.5, 0.6) is 0 Å². The molecule has 2 aromatic rings. The predicted molar refractivity (Wildman–Crippen MR) is 78.9 cm³/mol. The van der Waals surface area contributed by atoms with E-state index in [1.54, 1.807) is 23.5 Å². The largest absolute Gasteiger partial charge is 0.478 e. The maximum absolute atomic E-state index is 11.0. The highest BCUT2D eigenvalue weighted by molar-refractivity contribution is 7.12. The second-order valence-electron chi connectivity index (χ2n) is 4.38. The van der Waals surface area contributed by atoms with Crippen LogP contribution in [0.4, 0.5) is 11.4 Å². The molecule has 0 spiro atoms. The van der Waals surface area contributed by atoms with Crippen molar-refractivity contribution < 1.29 is 9.90 Å². The van der Waals surface area contributed by atoms with Crippen molar-refractivity contribution in [3.05, 3.63) is 45.1 Å². The third-order valence-electron chi connectivity index (χ3n) is 3.01. The van der Waals surface area contributed by atoms with Crippen LogP contribution in [0.25, 0.3) is 0 Å². The number of nitrogen functional groups attached to an aromatic ring is 1. The molecule has 0 saturated carbocycles. The molecule has 0 amide bonds. The van der Waals surface area contributed by atoms with Crippen molar-refractivity contribution in [1.82, 2.24) is 0 Å². The lowest BCUT2D eigenvalue weighted by molar-refractivity contribution is 0.0698. The van der Waals surface area contributed by atoms with Gasteiger partial charge in [-0.1, -0.05) is 6.07 Å². The molecular weight excluding hydrogens is 260 g/mol. The van der Waals surface area contributed by atoms with Gasteiger partial charge in [0.25, 0.3) is 0 Å². The fourth-order valence-corrected chi connectivity index (χ4v) is 2.82. The Bertz CT molecular complexity index is 600. The highest BCUT2D eigenvalue weighted by Crippen LogP contribution is 2.25. The van der Waals surface area contributed by atoms with Crippen LogP contribution in [0.3, 0.4) is 0 Å². The Balaban J connectivity index is 2.16. The summed E-state index contributed by atoms with van der Waals surface area (Å²) in [5.74, 6) is -1.01. The first-order valence-electron chi connectivity index (χ1n) is 5.90. The number of carboxylic acid groups (broad SMARTS) is 1. The molecular formula is C14H16N2O2S. The molecule has 5 heteroatoms. The molecule has 0 aliphatic heterocycles. The summed E-state index contributed by atoms with van der Waals surface area (Å²) in [5.41, 5.74) is 8.18. The van der Waals surface area contributed by atoms with Crippen LogP contribution in [0.2, 0.25) is 0 Å². The quantitative estimate of drug-likeness (QED) is 0.749. The number of anilines is 2. The Kier molecular flexibility index (Phi) is 3.76. The predicted octanol–water partition coefficient (Wildman–Crippen LogP) is 3.26. The molecule has 2 rings (SSSR count). The highest BCUT2D eigenvalue weighted by atomic mass is 32.1. The van der Waals surface area contributed by atoms with Crippen molar-refractivity contribution in [3.63, 3.8) is 0 Å². The molecule has 0 aliphatic rings. The van der Waals surface area contributed by atoms with Gasteiger partial charge in [-0.2, -0.15) is 0 Å². The summed E-state index contributed by atoms with van der Waals surface area (Å²) >= 11 is 1.73. The standard InChI is InChI=1S/C14H16N2O2S/c1-8-6-10(19-9(8)2)7-16-12-5-3-4-11(13(12)15)14(17)18/h3-6,16H,7,15H2,1-2H3,(H,17,18). The van der Waals surface area contributed by atoms with E-state index in [-0.39, 0.29) is 11.3 Å². The van der Waals surface area contributed by atoms with E-state index >= 15 is 0 Å². The summed E-state index contributed by atoms with van der Waals surface area (Å²) in [6.45, 7) is 4.81. The molecule has 100 valence electrons. The molecule has 0 fully saturated rings. The summed E-state index contributed by atoms with van der Waals surface area (Å²) in [7, 11) is 0. The maximum atomic E-state index is 11.0. The van der Waals surface area contributed by atoms with E-state index in [1.165, 1.54) is 21.4 Å². The molecule has 0 saturated heterocycles. The Labute approximate surface area is 115 Å². The zero-order chi connectivity index (χ0) is 14.0. The molecule has 1 aromatic carbocycles. The number of benzene rings is 1. The summed E-state index contributed by atoms with van der Waals surface area (Å²) in [4.78, 5) is 13.5. The van der Waals surface area contributed by atoms with E-state index < -0.39 is 5.97 Å². The molecule has 4 nitrogen and oxygen atoms in total. The number of para-hydroxylation sites is 1. The highest BCUT2D eigenvalue weighted by Gasteiger charge is 2.11. The smallest absolute Gasteiger partial charge is 0.337 e. The number of hydrogen-bond donors (Lipinski definition) is 3. The normalized spacial score (nSPS) is 10.4. The van der Waals surface area contributed by atoms with Gasteiger partial charge in [-0.05, 0) is 37.6 Å². The lowest BCUT2D eigenvalue weighted by Gasteiger charge is -2.10. The van der Waals surface area contributed by atoms with Crippen molar-refractivity contribution in [1.29, 1.82) is 0 Å². The van der Waals surface area contributed by atoms with Gasteiger partial charge in [-0.15, -0.1) is 11.3 Å². The summed E-state index contributed by atoms with van der Waals surface area (Å²) < 4.78 is 0. The van der Waals surface area contributed by atoms with Crippen LogP contribution in [-0.2, 0) is 6.54 Å². The van der Waals surface area contributed by atoms with Gasteiger partial charge in [0.15, 0.2) is 0 Å². The second kappa shape index (κ2) is 5.32. The number of hydrogen-bond acceptors (Lipinski definition) is 4. The summed E-state index contributed by atoms with van der Waals surface area (Å²) in [6.07, 6.45) is 0. The summed E-state index contributed by atoms with van der Waals surface area (Å²) in [5, 5.41) is 12.2. The van der Waals surface area contributed by atoms with Gasteiger partial charge in [0.2, 0.25) is 0 Å². The zero-order valence-corrected chi connectivity index (χ0v) is 11.7. The number of nitrogens with two attached hydrogens (primary N) is 1. The van der Waals surface area contributed by atoms with Crippen molar-refractivity contribution in [2.24, 2.45) is 0 Å². The Hall–Kier alpha value is -2.01. The van der Waals surface area contributed by atoms with Crippen LogP contribution < -0.4 is 11.1 Å². The Morgan fingerprint density at radius 2 is 2.16 bits per heavy atom. The molecule has 0 bridgehead atoms. The first kappa shape index (κ1) is 13.4. The molecule has 0 radical (unpaired) electrons. The van der Waals surface area contributed by atoms with Gasteiger partial charge in [0.1, 0.15) is 0 Å². The SMILES string of the molecule is Cc1cc(CNc2cccc(C(=O)O)c2N)sc1C. The van der Waals surface area contributed by atoms with Gasteiger partial charge in [0, 0.05) is 16.3 Å². The number of thiophene rings is 1. The number of nitrogens with one attached hydrogen (secondary N) is 1. The topological polar surface area (TPSA) is 75.3 Å². The molecule has 1 aromatic heterocycles. The third kappa shape index (κ3) is 2.88. The van der Waals surface area contributed by atoms with Crippen molar-refractivity contribution in [3.8, 4) is 0 Å². The van der Waals surface area contributed by atoms with Crippen LogP contribution >= 0.6 is 11.3 Å². The van der Waals surface area contributed by atoms with Crippen LogP contribution in [0.1, 0.15) is 25.7 Å². The first-order chi connectivity index (χ1) is 8.99. The van der Waals surface area contributed by atoms with Gasteiger partial charge < -0.3 is 16.2 Å². The van der Waals surface area contributed by atoms with E-state index in [4.69, 9.17) is 10.8 Å². The minimum atomic E-state index is -1.01. The van der Waals surface area contributed by atoms with Crippen LogP contribution in [0.15, 0.2) is 24.3 Å². The number of aryl methyl sites for hydroxylation is 2. The Morgan fingerprint density at radius 1 is 1.42 bits per heavy atom. The third-order valence-corrected chi connectivity index (χ3v) is 4.16. The van der Waals surface area contributed by atoms with E-state index in [1.807, 2.05) is 0 Å². The number of carboxylic acids is 1. The Morgan fingerprint density at radius 3 is 2.74 bits per heavy atom.